The van der Waals surface area contributed by atoms with Crippen LogP contribution in [-0.2, 0) is 13.0 Å². The van der Waals surface area contributed by atoms with Crippen molar-refractivity contribution in [3.05, 3.63) is 77.5 Å². The van der Waals surface area contributed by atoms with Gasteiger partial charge in [0.05, 0.1) is 6.61 Å². The zero-order valence-electron chi connectivity index (χ0n) is 13.3. The summed E-state index contributed by atoms with van der Waals surface area (Å²) in [6.45, 7) is 0.837. The minimum absolute atomic E-state index is 0.117. The van der Waals surface area contributed by atoms with Gasteiger partial charge in [0.2, 0.25) is 5.88 Å². The maximum absolute atomic E-state index is 13.2. The minimum atomic E-state index is -0.886. The van der Waals surface area contributed by atoms with E-state index in [0.717, 1.165) is 42.0 Å². The van der Waals surface area contributed by atoms with Gasteiger partial charge in [-0.05, 0) is 52.6 Å². The van der Waals surface area contributed by atoms with Gasteiger partial charge in [-0.1, -0.05) is 12.1 Å². The van der Waals surface area contributed by atoms with Gasteiger partial charge in [-0.15, -0.1) is 0 Å². The standard InChI is InChI=1S/C20H15F2NO2/c21-17-3-1-13(9-18(17)22)12-25-20-11-15(5-7-23-20)14-2-4-19-16(10-14)6-8-24-19/h1-5,7,9-11H,6,8,12H2. The van der Waals surface area contributed by atoms with E-state index in [1.54, 1.807) is 6.20 Å². The zero-order chi connectivity index (χ0) is 17.2. The van der Waals surface area contributed by atoms with Crippen molar-refractivity contribution in [3.8, 4) is 22.8 Å². The van der Waals surface area contributed by atoms with Crippen molar-refractivity contribution in [1.29, 1.82) is 0 Å². The molecule has 3 aromatic rings. The summed E-state index contributed by atoms with van der Waals surface area (Å²) in [6.07, 6.45) is 2.58. The lowest BCUT2D eigenvalue weighted by Crippen LogP contribution is -1.98. The Labute approximate surface area is 143 Å². The van der Waals surface area contributed by atoms with E-state index in [4.69, 9.17) is 9.47 Å². The SMILES string of the molecule is Fc1ccc(COc2cc(-c3ccc4c(c3)CCO4)ccn2)cc1F. The van der Waals surface area contributed by atoms with Crippen molar-refractivity contribution in [2.45, 2.75) is 13.0 Å². The van der Waals surface area contributed by atoms with Crippen LogP contribution in [0.4, 0.5) is 8.78 Å². The molecule has 2 heterocycles. The molecule has 0 amide bonds. The summed E-state index contributed by atoms with van der Waals surface area (Å²) in [5.74, 6) is -0.390. The maximum Gasteiger partial charge on any atom is 0.214 e. The van der Waals surface area contributed by atoms with Gasteiger partial charge in [-0.25, -0.2) is 13.8 Å². The molecule has 3 nitrogen and oxygen atoms in total. The van der Waals surface area contributed by atoms with Crippen molar-refractivity contribution in [2.75, 3.05) is 6.61 Å². The van der Waals surface area contributed by atoms with E-state index in [-0.39, 0.29) is 6.61 Å². The van der Waals surface area contributed by atoms with Crippen molar-refractivity contribution < 1.29 is 18.3 Å². The average Bonchev–Trinajstić information content (AvgIpc) is 3.11. The third kappa shape index (κ3) is 3.31. The Bertz CT molecular complexity index is 927. The number of aromatic nitrogens is 1. The molecule has 0 spiro atoms. The van der Waals surface area contributed by atoms with Crippen LogP contribution in [0, 0.1) is 11.6 Å². The number of hydrogen-bond acceptors (Lipinski definition) is 3. The minimum Gasteiger partial charge on any atom is -0.493 e. The van der Waals surface area contributed by atoms with Crippen LogP contribution in [-0.4, -0.2) is 11.6 Å². The number of hydrogen-bond donors (Lipinski definition) is 0. The van der Waals surface area contributed by atoms with Crippen LogP contribution in [0.15, 0.2) is 54.7 Å². The van der Waals surface area contributed by atoms with Gasteiger partial charge >= 0.3 is 0 Å². The molecule has 2 aromatic carbocycles. The maximum atomic E-state index is 13.2. The Morgan fingerprint density at radius 2 is 1.84 bits per heavy atom. The van der Waals surface area contributed by atoms with Crippen molar-refractivity contribution in [2.24, 2.45) is 0 Å². The zero-order valence-corrected chi connectivity index (χ0v) is 13.3. The number of halogens is 2. The molecule has 0 bridgehead atoms. The summed E-state index contributed by atoms with van der Waals surface area (Å²) in [5.41, 5.74) is 3.77. The monoisotopic (exact) mass is 339 g/mol. The lowest BCUT2D eigenvalue weighted by atomic mass is 10.0. The summed E-state index contributed by atoms with van der Waals surface area (Å²) >= 11 is 0. The number of benzene rings is 2. The summed E-state index contributed by atoms with van der Waals surface area (Å²) in [5, 5.41) is 0. The largest absolute Gasteiger partial charge is 0.493 e. The highest BCUT2D eigenvalue weighted by Gasteiger charge is 2.13. The van der Waals surface area contributed by atoms with Crippen LogP contribution in [0.5, 0.6) is 11.6 Å². The number of fused-ring (bicyclic) bond motifs is 1. The van der Waals surface area contributed by atoms with Crippen molar-refractivity contribution in [3.63, 3.8) is 0 Å². The first kappa shape index (κ1) is 15.6. The molecule has 0 aliphatic carbocycles. The molecule has 0 saturated carbocycles. The molecule has 0 saturated heterocycles. The van der Waals surface area contributed by atoms with Gasteiger partial charge < -0.3 is 9.47 Å². The van der Waals surface area contributed by atoms with Crippen LogP contribution in [0.3, 0.4) is 0 Å². The van der Waals surface area contributed by atoms with E-state index in [1.807, 2.05) is 24.3 Å². The number of nitrogens with zero attached hydrogens (tertiary/aromatic N) is 1. The van der Waals surface area contributed by atoms with Crippen molar-refractivity contribution >= 4 is 0 Å². The summed E-state index contributed by atoms with van der Waals surface area (Å²) in [6, 6.07) is 13.5. The first-order chi connectivity index (χ1) is 12.2. The molecule has 0 N–H and O–H groups in total. The summed E-state index contributed by atoms with van der Waals surface area (Å²) in [4.78, 5) is 4.18. The van der Waals surface area contributed by atoms with Crippen molar-refractivity contribution in [1.82, 2.24) is 4.98 Å². The smallest absolute Gasteiger partial charge is 0.214 e. The van der Waals surface area contributed by atoms with Gasteiger partial charge in [0.15, 0.2) is 11.6 Å². The van der Waals surface area contributed by atoms with Gasteiger partial charge in [-0.2, -0.15) is 0 Å². The number of ether oxygens (including phenoxy) is 2. The van der Waals surface area contributed by atoms with Gasteiger partial charge in [0.1, 0.15) is 12.4 Å². The third-order valence-electron chi connectivity index (χ3n) is 4.13. The van der Waals surface area contributed by atoms with Crippen LogP contribution in [0.2, 0.25) is 0 Å². The Balaban J connectivity index is 1.52. The molecule has 4 rings (SSSR count). The normalized spacial score (nSPS) is 12.6. The number of pyridine rings is 1. The van der Waals surface area contributed by atoms with Crippen LogP contribution in [0.1, 0.15) is 11.1 Å². The molecule has 1 aliphatic heterocycles. The summed E-state index contributed by atoms with van der Waals surface area (Å²) < 4.78 is 37.3. The topological polar surface area (TPSA) is 31.4 Å². The van der Waals surface area contributed by atoms with E-state index < -0.39 is 11.6 Å². The molecule has 1 aromatic heterocycles. The first-order valence-electron chi connectivity index (χ1n) is 7.98. The Morgan fingerprint density at radius 1 is 0.960 bits per heavy atom. The van der Waals surface area contributed by atoms with Crippen LogP contribution < -0.4 is 9.47 Å². The van der Waals surface area contributed by atoms with Crippen LogP contribution in [0.25, 0.3) is 11.1 Å². The van der Waals surface area contributed by atoms with Gasteiger partial charge in [0, 0.05) is 18.7 Å². The number of rotatable bonds is 4. The molecule has 0 atom stereocenters. The fourth-order valence-corrected chi connectivity index (χ4v) is 2.82. The molecule has 126 valence electrons. The average molecular weight is 339 g/mol. The predicted molar refractivity (Wildman–Crippen MR) is 89.6 cm³/mol. The fraction of sp³-hybridized carbons (Fsp3) is 0.150. The predicted octanol–water partition coefficient (Wildman–Crippen LogP) is 4.54. The lowest BCUT2D eigenvalue weighted by molar-refractivity contribution is 0.293. The van der Waals surface area contributed by atoms with E-state index in [1.165, 1.54) is 11.6 Å². The van der Waals surface area contributed by atoms with Gasteiger partial charge in [-0.3, -0.25) is 0 Å². The second-order valence-electron chi connectivity index (χ2n) is 5.84. The second-order valence-corrected chi connectivity index (χ2v) is 5.84. The molecule has 5 heteroatoms. The molecule has 0 radical (unpaired) electrons. The van der Waals surface area contributed by atoms with Crippen LogP contribution >= 0.6 is 0 Å². The Kier molecular flexibility index (Phi) is 4.06. The highest BCUT2D eigenvalue weighted by atomic mass is 19.2. The van der Waals surface area contributed by atoms with E-state index in [2.05, 4.69) is 11.1 Å². The lowest BCUT2D eigenvalue weighted by Gasteiger charge is -2.08. The quantitative estimate of drug-likeness (QED) is 0.699. The van der Waals surface area contributed by atoms with E-state index >= 15 is 0 Å². The summed E-state index contributed by atoms with van der Waals surface area (Å²) in [7, 11) is 0. The second kappa shape index (κ2) is 6.51. The fourth-order valence-electron chi connectivity index (χ4n) is 2.82. The highest BCUT2D eigenvalue weighted by Crippen LogP contribution is 2.31. The molecular formula is C20H15F2NO2. The molecular weight excluding hydrogens is 324 g/mol. The van der Waals surface area contributed by atoms with Gasteiger partial charge in [0.25, 0.3) is 0 Å². The Morgan fingerprint density at radius 3 is 2.72 bits per heavy atom. The van der Waals surface area contributed by atoms with E-state index in [9.17, 15) is 8.78 Å². The van der Waals surface area contributed by atoms with E-state index in [0.29, 0.717) is 11.4 Å². The highest BCUT2D eigenvalue weighted by molar-refractivity contribution is 5.66. The molecule has 1 aliphatic rings. The molecule has 25 heavy (non-hydrogen) atoms. The third-order valence-corrected chi connectivity index (χ3v) is 4.13. The molecule has 0 fully saturated rings. The first-order valence-corrected chi connectivity index (χ1v) is 7.98. The Hall–Kier alpha value is -2.95. The molecule has 0 unspecified atom stereocenters.